The first kappa shape index (κ1) is 22.8. The summed E-state index contributed by atoms with van der Waals surface area (Å²) >= 11 is 0. The van der Waals surface area contributed by atoms with Crippen molar-refractivity contribution in [1.29, 1.82) is 0 Å². The van der Waals surface area contributed by atoms with Gasteiger partial charge >= 0.3 is 12.1 Å². The van der Waals surface area contributed by atoms with Gasteiger partial charge in [-0.3, -0.25) is 9.69 Å². The minimum absolute atomic E-state index is 0.127. The van der Waals surface area contributed by atoms with E-state index < -0.39 is 12.1 Å². The van der Waals surface area contributed by atoms with E-state index in [1.165, 1.54) is 12.4 Å². The Morgan fingerprint density at radius 2 is 2.03 bits per heavy atom. The number of ether oxygens (including phenoxy) is 1. The number of alkyl halides is 3. The highest BCUT2D eigenvalue weighted by Gasteiger charge is 2.38. The van der Waals surface area contributed by atoms with Gasteiger partial charge in [-0.05, 0) is 43.1 Å². The number of hydrogen-bond donors (Lipinski definition) is 2. The summed E-state index contributed by atoms with van der Waals surface area (Å²) in [4.78, 5) is 27.3. The Labute approximate surface area is 188 Å². The molecule has 33 heavy (non-hydrogen) atoms. The molecule has 4 rings (SSSR count). The number of hydrogen-bond acceptors (Lipinski definition) is 6. The maximum absolute atomic E-state index is 12.5. The summed E-state index contributed by atoms with van der Waals surface area (Å²) in [5.41, 5.74) is 1.96. The zero-order valence-corrected chi connectivity index (χ0v) is 18.2. The van der Waals surface area contributed by atoms with Crippen LogP contribution < -0.4 is 15.0 Å². The van der Waals surface area contributed by atoms with Crippen LogP contribution in [0.1, 0.15) is 12.0 Å². The van der Waals surface area contributed by atoms with Crippen molar-refractivity contribution in [3.63, 3.8) is 0 Å². The number of halogens is 3. The highest BCUT2D eigenvalue weighted by molar-refractivity contribution is 5.97. The SMILES string of the molecule is COc1cncnc1N1CCN(CCCc2c[nH]c3ccc(NC(=O)C(F)(F)F)cc23)CC1. The van der Waals surface area contributed by atoms with Crippen LogP contribution in [0.5, 0.6) is 5.75 Å². The molecule has 2 N–H and O–H groups in total. The van der Waals surface area contributed by atoms with E-state index in [2.05, 4.69) is 24.8 Å². The molecule has 0 aliphatic carbocycles. The van der Waals surface area contributed by atoms with E-state index in [-0.39, 0.29) is 5.69 Å². The fraction of sp³-hybridized carbons (Fsp3) is 0.409. The number of aromatic nitrogens is 3. The molecule has 1 aliphatic heterocycles. The molecular formula is C22H25F3N6O2. The van der Waals surface area contributed by atoms with E-state index in [4.69, 9.17) is 4.74 Å². The van der Waals surface area contributed by atoms with Crippen LogP contribution in [0.3, 0.4) is 0 Å². The molecule has 0 radical (unpaired) electrons. The van der Waals surface area contributed by atoms with Crippen molar-refractivity contribution in [2.75, 3.05) is 50.1 Å². The third-order valence-corrected chi connectivity index (χ3v) is 5.75. The molecule has 1 aliphatic rings. The molecule has 8 nitrogen and oxygen atoms in total. The van der Waals surface area contributed by atoms with Gasteiger partial charge in [-0.25, -0.2) is 9.97 Å². The zero-order valence-electron chi connectivity index (χ0n) is 18.2. The lowest BCUT2D eigenvalue weighted by molar-refractivity contribution is -0.167. The van der Waals surface area contributed by atoms with E-state index in [0.717, 1.165) is 67.8 Å². The van der Waals surface area contributed by atoms with Gasteiger partial charge in [0.05, 0.1) is 13.3 Å². The number of aromatic amines is 1. The third kappa shape index (κ3) is 5.36. The summed E-state index contributed by atoms with van der Waals surface area (Å²) in [6, 6.07) is 4.71. The quantitative estimate of drug-likeness (QED) is 0.561. The number of carbonyl (C=O) groups excluding carboxylic acids is 1. The van der Waals surface area contributed by atoms with E-state index in [9.17, 15) is 18.0 Å². The van der Waals surface area contributed by atoms with Crippen LogP contribution >= 0.6 is 0 Å². The number of piperazine rings is 1. The van der Waals surface area contributed by atoms with Crippen molar-refractivity contribution in [3.8, 4) is 5.75 Å². The average Bonchev–Trinajstić information content (AvgIpc) is 3.21. The largest absolute Gasteiger partial charge is 0.491 e. The highest BCUT2D eigenvalue weighted by atomic mass is 19.4. The van der Waals surface area contributed by atoms with Crippen molar-refractivity contribution in [3.05, 3.63) is 42.5 Å². The van der Waals surface area contributed by atoms with Gasteiger partial charge in [-0.1, -0.05) is 0 Å². The van der Waals surface area contributed by atoms with E-state index in [1.54, 1.807) is 25.4 Å². The Bertz CT molecular complexity index is 1110. The Balaban J connectivity index is 1.30. The lowest BCUT2D eigenvalue weighted by Crippen LogP contribution is -2.47. The standard InChI is InChI=1S/C22H25F3N6O2/c1-33-19-13-26-14-28-20(19)31-9-7-30(8-10-31)6-2-3-15-12-27-18-5-4-16(11-17(15)18)29-21(32)22(23,24)25/h4-5,11-14,27H,2-3,6-10H2,1H3,(H,29,32). The predicted octanol–water partition coefficient (Wildman–Crippen LogP) is 3.22. The lowest BCUT2D eigenvalue weighted by Gasteiger charge is -2.35. The third-order valence-electron chi connectivity index (χ3n) is 5.75. The van der Waals surface area contributed by atoms with E-state index in [1.807, 2.05) is 11.5 Å². The fourth-order valence-corrected chi connectivity index (χ4v) is 4.03. The van der Waals surface area contributed by atoms with Crippen LogP contribution in [-0.2, 0) is 11.2 Å². The van der Waals surface area contributed by atoms with Crippen molar-refractivity contribution >= 4 is 28.3 Å². The lowest BCUT2D eigenvalue weighted by atomic mass is 10.1. The Morgan fingerprint density at radius 1 is 1.24 bits per heavy atom. The number of benzene rings is 1. The number of aryl methyl sites for hydroxylation is 1. The van der Waals surface area contributed by atoms with Gasteiger partial charge in [-0.2, -0.15) is 13.2 Å². The number of carbonyl (C=O) groups is 1. The van der Waals surface area contributed by atoms with Gasteiger partial charge in [0, 0.05) is 49.0 Å². The van der Waals surface area contributed by atoms with Crippen LogP contribution in [0, 0.1) is 0 Å². The summed E-state index contributed by atoms with van der Waals surface area (Å²) in [5, 5.41) is 2.73. The van der Waals surface area contributed by atoms with Crippen molar-refractivity contribution in [1.82, 2.24) is 19.9 Å². The molecule has 0 spiro atoms. The monoisotopic (exact) mass is 462 g/mol. The fourth-order valence-electron chi connectivity index (χ4n) is 4.03. The van der Waals surface area contributed by atoms with Crippen LogP contribution in [-0.4, -0.2) is 71.8 Å². The van der Waals surface area contributed by atoms with Crippen LogP contribution in [0.15, 0.2) is 36.9 Å². The molecule has 1 saturated heterocycles. The number of H-pyrrole nitrogens is 1. The van der Waals surface area contributed by atoms with E-state index >= 15 is 0 Å². The van der Waals surface area contributed by atoms with Gasteiger partial charge in [0.15, 0.2) is 11.6 Å². The number of fused-ring (bicyclic) bond motifs is 1. The van der Waals surface area contributed by atoms with Crippen LogP contribution in [0.4, 0.5) is 24.7 Å². The van der Waals surface area contributed by atoms with Gasteiger partial charge in [-0.15, -0.1) is 0 Å². The minimum atomic E-state index is -4.92. The Morgan fingerprint density at radius 3 is 2.76 bits per heavy atom. The number of amides is 1. The van der Waals surface area contributed by atoms with Gasteiger partial charge in [0.2, 0.25) is 0 Å². The van der Waals surface area contributed by atoms with Crippen molar-refractivity contribution < 1.29 is 22.7 Å². The first-order valence-electron chi connectivity index (χ1n) is 10.6. The summed E-state index contributed by atoms with van der Waals surface area (Å²) in [7, 11) is 1.61. The molecular weight excluding hydrogens is 437 g/mol. The molecule has 0 saturated carbocycles. The summed E-state index contributed by atoms with van der Waals surface area (Å²) in [6.07, 6.45) is 1.82. The number of nitrogens with zero attached hydrogens (tertiary/aromatic N) is 4. The molecule has 176 valence electrons. The first-order valence-corrected chi connectivity index (χ1v) is 10.6. The Hall–Kier alpha value is -3.34. The normalized spacial score (nSPS) is 15.1. The summed E-state index contributed by atoms with van der Waals surface area (Å²) in [5.74, 6) is -0.506. The summed E-state index contributed by atoms with van der Waals surface area (Å²) < 4.78 is 42.9. The molecule has 1 aromatic carbocycles. The molecule has 11 heteroatoms. The first-order chi connectivity index (χ1) is 15.8. The minimum Gasteiger partial charge on any atom is -0.491 e. The van der Waals surface area contributed by atoms with Crippen LogP contribution in [0.25, 0.3) is 10.9 Å². The number of nitrogens with one attached hydrogen (secondary N) is 2. The van der Waals surface area contributed by atoms with Gasteiger partial charge in [0.25, 0.3) is 0 Å². The Kier molecular flexibility index (Phi) is 6.68. The molecule has 1 amide bonds. The molecule has 0 atom stereocenters. The topological polar surface area (TPSA) is 86.4 Å². The molecule has 0 unspecified atom stereocenters. The zero-order chi connectivity index (χ0) is 23.4. The molecule has 1 fully saturated rings. The second kappa shape index (κ2) is 9.65. The molecule has 2 aromatic heterocycles. The van der Waals surface area contributed by atoms with Crippen molar-refractivity contribution in [2.24, 2.45) is 0 Å². The number of methoxy groups -OCH3 is 1. The number of rotatable bonds is 7. The van der Waals surface area contributed by atoms with Gasteiger partial charge in [0.1, 0.15) is 6.33 Å². The van der Waals surface area contributed by atoms with Gasteiger partial charge < -0.3 is 19.9 Å². The van der Waals surface area contributed by atoms with Crippen molar-refractivity contribution in [2.45, 2.75) is 19.0 Å². The number of anilines is 2. The predicted molar refractivity (Wildman–Crippen MR) is 119 cm³/mol. The van der Waals surface area contributed by atoms with Crippen LogP contribution in [0.2, 0.25) is 0 Å². The molecule has 3 aromatic rings. The van der Waals surface area contributed by atoms with E-state index in [0.29, 0.717) is 5.75 Å². The average molecular weight is 462 g/mol. The molecule has 0 bridgehead atoms. The second-order valence-corrected chi connectivity index (χ2v) is 7.87. The second-order valence-electron chi connectivity index (χ2n) is 7.87. The smallest absolute Gasteiger partial charge is 0.471 e. The highest BCUT2D eigenvalue weighted by Crippen LogP contribution is 2.26. The summed E-state index contributed by atoms with van der Waals surface area (Å²) in [6.45, 7) is 4.38. The maximum Gasteiger partial charge on any atom is 0.471 e. The molecule has 3 heterocycles. The maximum atomic E-state index is 12.5.